The van der Waals surface area contributed by atoms with Gasteiger partial charge >= 0.3 is 6.98 Å². The lowest BCUT2D eigenvalue weighted by Gasteiger charge is -2.15. The lowest BCUT2D eigenvalue weighted by atomic mass is 9.81. The highest BCUT2D eigenvalue weighted by molar-refractivity contribution is 6.57. The van der Waals surface area contributed by atoms with Crippen LogP contribution >= 0.6 is 0 Å². The van der Waals surface area contributed by atoms with Gasteiger partial charge in [-0.25, -0.2) is 0 Å². The molecule has 0 fully saturated rings. The number of rotatable bonds is 3. The van der Waals surface area contributed by atoms with Crippen LogP contribution in [0.4, 0.5) is 12.9 Å². The maximum absolute atomic E-state index is 12.0. The van der Waals surface area contributed by atoms with Gasteiger partial charge in [0.2, 0.25) is 0 Å². The summed E-state index contributed by atoms with van der Waals surface area (Å²) in [5.41, 5.74) is 0.340. The zero-order chi connectivity index (χ0) is 9.90. The van der Waals surface area contributed by atoms with E-state index in [1.54, 1.807) is 0 Å². The van der Waals surface area contributed by atoms with E-state index in [1.807, 2.05) is 0 Å². The van der Waals surface area contributed by atoms with Gasteiger partial charge in [-0.2, -0.15) is 0 Å². The molecule has 0 radical (unpaired) electrons. The smallest absolute Gasteiger partial charge is 0.449 e. The van der Waals surface area contributed by atoms with Gasteiger partial charge in [0.15, 0.2) is 0 Å². The minimum atomic E-state index is -4.86. The molecule has 0 unspecified atom stereocenters. The molecule has 1 rings (SSSR count). The molecule has 1 N–H and O–H groups in total. The van der Waals surface area contributed by atoms with Gasteiger partial charge in [0.1, 0.15) is 0 Å². The quantitative estimate of drug-likeness (QED) is 0.732. The van der Waals surface area contributed by atoms with E-state index in [2.05, 4.69) is 4.98 Å². The Morgan fingerprint density at radius 3 is 2.54 bits per heavy atom. The average molecular weight is 190 g/mol. The molecule has 0 aliphatic rings. The molecular weight excluding hydrogens is 182 g/mol. The highest BCUT2D eigenvalue weighted by atomic mass is 19.4. The SMILES string of the molecule is OCc1ccncc1C[B-](F)(F)F. The van der Waals surface area contributed by atoms with Crippen molar-refractivity contribution in [1.82, 2.24) is 4.98 Å². The fraction of sp³-hybridized carbons (Fsp3) is 0.286. The second kappa shape index (κ2) is 3.78. The second-order valence-electron chi connectivity index (χ2n) is 2.72. The Kier molecular flexibility index (Phi) is 2.92. The van der Waals surface area contributed by atoms with Gasteiger partial charge in [-0.15, -0.1) is 0 Å². The van der Waals surface area contributed by atoms with Crippen molar-refractivity contribution in [2.75, 3.05) is 0 Å². The number of aliphatic hydroxyl groups excluding tert-OH is 1. The molecule has 1 aromatic rings. The fourth-order valence-corrected chi connectivity index (χ4v) is 1.04. The molecule has 0 atom stereocenters. The monoisotopic (exact) mass is 190 g/mol. The van der Waals surface area contributed by atoms with Crippen LogP contribution in [0, 0.1) is 0 Å². The van der Waals surface area contributed by atoms with Crippen molar-refractivity contribution in [3.05, 3.63) is 29.6 Å². The number of aliphatic hydroxyl groups is 1. The summed E-state index contributed by atoms with van der Waals surface area (Å²) >= 11 is 0. The number of aromatic nitrogens is 1. The van der Waals surface area contributed by atoms with Crippen molar-refractivity contribution in [2.45, 2.75) is 12.9 Å². The Morgan fingerprint density at radius 2 is 2.00 bits per heavy atom. The Labute approximate surface area is 73.5 Å². The number of pyridine rings is 1. The molecule has 0 saturated carbocycles. The third-order valence-electron chi connectivity index (χ3n) is 1.63. The molecule has 0 aliphatic heterocycles. The molecule has 0 bridgehead atoms. The summed E-state index contributed by atoms with van der Waals surface area (Å²) in [5, 5.41) is 8.73. The molecule has 1 aromatic heterocycles. The summed E-state index contributed by atoms with van der Waals surface area (Å²) in [5.74, 6) is 0. The largest absolute Gasteiger partial charge is 0.482 e. The Hall–Kier alpha value is -1.04. The summed E-state index contributed by atoms with van der Waals surface area (Å²) in [6.45, 7) is -5.24. The van der Waals surface area contributed by atoms with Crippen LogP contribution in [0.1, 0.15) is 11.1 Å². The first-order valence-corrected chi connectivity index (χ1v) is 3.76. The highest BCUT2D eigenvalue weighted by Gasteiger charge is 2.24. The Morgan fingerprint density at radius 1 is 1.31 bits per heavy atom. The third-order valence-corrected chi connectivity index (χ3v) is 1.63. The van der Waals surface area contributed by atoms with Gasteiger partial charge in [-0.3, -0.25) is 4.98 Å². The standard InChI is InChI=1S/C7H8BF3NO/c9-8(10,11)3-7-4-12-2-1-6(7)5-13/h1-2,4,13H,3,5H2/q-1. The van der Waals surface area contributed by atoms with Crippen molar-refractivity contribution in [2.24, 2.45) is 0 Å². The summed E-state index contributed by atoms with van der Waals surface area (Å²) < 4.78 is 36.0. The topological polar surface area (TPSA) is 33.1 Å². The molecule has 0 amide bonds. The number of nitrogens with zero attached hydrogens (tertiary/aromatic N) is 1. The molecule has 72 valence electrons. The van der Waals surface area contributed by atoms with Crippen LogP contribution in [-0.2, 0) is 12.9 Å². The summed E-state index contributed by atoms with van der Waals surface area (Å²) in [4.78, 5) is 3.58. The van der Waals surface area contributed by atoms with Gasteiger partial charge in [0, 0.05) is 12.4 Å². The van der Waals surface area contributed by atoms with Crippen LogP contribution in [0.25, 0.3) is 0 Å². The van der Waals surface area contributed by atoms with Gasteiger partial charge < -0.3 is 18.1 Å². The zero-order valence-electron chi connectivity index (χ0n) is 6.75. The molecule has 0 spiro atoms. The minimum absolute atomic E-state index is 0.0532. The maximum atomic E-state index is 12.0. The second-order valence-corrected chi connectivity index (χ2v) is 2.72. The van der Waals surface area contributed by atoms with Crippen molar-refractivity contribution in [1.29, 1.82) is 0 Å². The predicted molar refractivity (Wildman–Crippen MR) is 42.9 cm³/mol. The van der Waals surface area contributed by atoms with Crippen LogP contribution in [0.15, 0.2) is 18.5 Å². The molecular formula is C7H8BF3NO-. The van der Waals surface area contributed by atoms with Crippen LogP contribution in [0.2, 0.25) is 0 Å². The fourth-order valence-electron chi connectivity index (χ4n) is 1.04. The third kappa shape index (κ3) is 3.06. The van der Waals surface area contributed by atoms with Gasteiger partial charge in [0.05, 0.1) is 6.61 Å². The summed E-state index contributed by atoms with van der Waals surface area (Å²) in [7, 11) is 0. The molecule has 13 heavy (non-hydrogen) atoms. The van der Waals surface area contributed by atoms with Gasteiger partial charge in [-0.1, -0.05) is 11.9 Å². The van der Waals surface area contributed by atoms with E-state index in [0.717, 1.165) is 6.20 Å². The number of halogens is 3. The summed E-state index contributed by atoms with van der Waals surface area (Å²) in [6.07, 6.45) is 1.52. The maximum Gasteiger partial charge on any atom is 0.482 e. The van der Waals surface area contributed by atoms with Crippen molar-refractivity contribution >= 4 is 6.98 Å². The van der Waals surface area contributed by atoms with E-state index < -0.39 is 13.3 Å². The lowest BCUT2D eigenvalue weighted by Crippen LogP contribution is -2.20. The molecule has 2 nitrogen and oxygen atoms in total. The summed E-state index contributed by atoms with van der Waals surface area (Å²) in [6, 6.07) is 1.39. The van der Waals surface area contributed by atoms with E-state index in [1.165, 1.54) is 12.3 Å². The van der Waals surface area contributed by atoms with Crippen molar-refractivity contribution < 1.29 is 18.1 Å². The zero-order valence-corrected chi connectivity index (χ0v) is 6.75. The average Bonchev–Trinajstić information content (AvgIpc) is 2.02. The first kappa shape index (κ1) is 10.0. The van der Waals surface area contributed by atoms with Crippen LogP contribution in [0.3, 0.4) is 0 Å². The highest BCUT2D eigenvalue weighted by Crippen LogP contribution is 2.18. The number of hydrogen-bond acceptors (Lipinski definition) is 2. The van der Waals surface area contributed by atoms with E-state index >= 15 is 0 Å². The van der Waals surface area contributed by atoms with Crippen molar-refractivity contribution in [3.8, 4) is 0 Å². The van der Waals surface area contributed by atoms with E-state index in [-0.39, 0.29) is 17.7 Å². The van der Waals surface area contributed by atoms with Gasteiger partial charge in [-0.05, 0) is 11.6 Å². The minimum Gasteiger partial charge on any atom is -0.449 e. The van der Waals surface area contributed by atoms with Crippen LogP contribution in [0.5, 0.6) is 0 Å². The van der Waals surface area contributed by atoms with E-state index in [0.29, 0.717) is 0 Å². The normalized spacial score (nSPS) is 11.7. The lowest BCUT2D eigenvalue weighted by molar-refractivity contribution is 0.280. The molecule has 0 aliphatic carbocycles. The molecule has 0 saturated heterocycles. The van der Waals surface area contributed by atoms with E-state index in [4.69, 9.17) is 5.11 Å². The first-order valence-electron chi connectivity index (χ1n) is 3.76. The molecule has 0 aromatic carbocycles. The van der Waals surface area contributed by atoms with Crippen molar-refractivity contribution in [3.63, 3.8) is 0 Å². The first-order chi connectivity index (χ1) is 6.03. The van der Waals surface area contributed by atoms with Gasteiger partial charge in [0.25, 0.3) is 0 Å². The van der Waals surface area contributed by atoms with Crippen LogP contribution < -0.4 is 0 Å². The van der Waals surface area contributed by atoms with E-state index in [9.17, 15) is 12.9 Å². The Balaban J connectivity index is 2.87. The predicted octanol–water partition coefficient (Wildman–Crippen LogP) is 1.50. The molecule has 6 heteroatoms. The van der Waals surface area contributed by atoms with Crippen LogP contribution in [-0.4, -0.2) is 17.1 Å². The number of hydrogen-bond donors (Lipinski definition) is 1. The Bertz CT molecular complexity index is 289. The molecule has 1 heterocycles.